The lowest BCUT2D eigenvalue weighted by atomic mass is 9.92. The van der Waals surface area contributed by atoms with Gasteiger partial charge in [0, 0.05) is 6.42 Å². The van der Waals surface area contributed by atoms with E-state index in [1.165, 1.54) is 0 Å². The van der Waals surface area contributed by atoms with Gasteiger partial charge in [-0.25, -0.2) is 0 Å². The lowest BCUT2D eigenvalue weighted by molar-refractivity contribution is -0.116. The zero-order valence-electron chi connectivity index (χ0n) is 9.53. The first kappa shape index (κ1) is 10.9. The van der Waals surface area contributed by atoms with Crippen LogP contribution in [0.25, 0.3) is 6.08 Å². The first-order chi connectivity index (χ1) is 7.79. The van der Waals surface area contributed by atoms with Gasteiger partial charge in [-0.2, -0.15) is 0 Å². The largest absolute Gasteiger partial charge is 0.497 e. The molecule has 0 spiro atoms. The summed E-state index contributed by atoms with van der Waals surface area (Å²) in [5, 5.41) is 0. The molecule has 2 nitrogen and oxygen atoms in total. The summed E-state index contributed by atoms with van der Waals surface area (Å²) in [6.07, 6.45) is 5.77. The van der Waals surface area contributed by atoms with E-state index in [9.17, 15) is 4.79 Å². The standard InChI is InChI=1S/C14H16O2/c1-16-13-7-4-5-11(10-13)9-12-6-2-3-8-14(12)15/h4-5,7,9-10H,2-3,6,8H2,1H3/b12-9-. The monoisotopic (exact) mass is 216 g/mol. The van der Waals surface area contributed by atoms with Crippen molar-refractivity contribution in [1.29, 1.82) is 0 Å². The highest BCUT2D eigenvalue weighted by molar-refractivity contribution is 6.00. The Balaban J connectivity index is 2.23. The number of benzene rings is 1. The van der Waals surface area contributed by atoms with Gasteiger partial charge < -0.3 is 4.74 Å². The smallest absolute Gasteiger partial charge is 0.158 e. The number of ether oxygens (including phenoxy) is 1. The molecule has 0 saturated heterocycles. The number of Topliss-reactive ketones (excluding diaryl/α,β-unsaturated/α-hetero) is 1. The molecule has 0 unspecified atom stereocenters. The van der Waals surface area contributed by atoms with Crippen LogP contribution in [0.4, 0.5) is 0 Å². The molecule has 1 aliphatic carbocycles. The molecule has 1 fully saturated rings. The molecular weight excluding hydrogens is 200 g/mol. The highest BCUT2D eigenvalue weighted by Crippen LogP contribution is 2.23. The molecule has 0 bridgehead atoms. The molecule has 2 rings (SSSR count). The minimum absolute atomic E-state index is 0.300. The summed E-state index contributed by atoms with van der Waals surface area (Å²) in [4.78, 5) is 11.7. The van der Waals surface area contributed by atoms with E-state index in [1.807, 2.05) is 30.3 Å². The Hall–Kier alpha value is -1.57. The SMILES string of the molecule is COc1cccc(/C=C2/CCCCC2=O)c1. The lowest BCUT2D eigenvalue weighted by Crippen LogP contribution is -2.07. The van der Waals surface area contributed by atoms with Gasteiger partial charge in [0.2, 0.25) is 0 Å². The van der Waals surface area contributed by atoms with Crippen molar-refractivity contribution in [3.63, 3.8) is 0 Å². The molecule has 0 aromatic heterocycles. The Kier molecular flexibility index (Phi) is 3.40. The van der Waals surface area contributed by atoms with Crippen LogP contribution < -0.4 is 4.74 Å². The zero-order valence-corrected chi connectivity index (χ0v) is 9.53. The average Bonchev–Trinajstić information content (AvgIpc) is 2.32. The van der Waals surface area contributed by atoms with Gasteiger partial charge in [-0.1, -0.05) is 12.1 Å². The first-order valence-electron chi connectivity index (χ1n) is 5.67. The van der Waals surface area contributed by atoms with Gasteiger partial charge in [-0.05, 0) is 48.6 Å². The topological polar surface area (TPSA) is 26.3 Å². The molecule has 0 atom stereocenters. The number of carbonyl (C=O) groups is 1. The highest BCUT2D eigenvalue weighted by Gasteiger charge is 2.14. The Bertz CT molecular complexity index is 418. The number of hydrogen-bond donors (Lipinski definition) is 0. The van der Waals surface area contributed by atoms with Crippen molar-refractivity contribution in [2.45, 2.75) is 25.7 Å². The average molecular weight is 216 g/mol. The van der Waals surface area contributed by atoms with Crippen molar-refractivity contribution < 1.29 is 9.53 Å². The third kappa shape index (κ3) is 2.51. The normalized spacial score (nSPS) is 18.8. The van der Waals surface area contributed by atoms with Crippen LogP contribution in [0.15, 0.2) is 29.8 Å². The number of carbonyl (C=O) groups excluding carboxylic acids is 1. The molecule has 16 heavy (non-hydrogen) atoms. The van der Waals surface area contributed by atoms with E-state index in [4.69, 9.17) is 4.74 Å². The van der Waals surface area contributed by atoms with Crippen molar-refractivity contribution in [1.82, 2.24) is 0 Å². The molecule has 1 saturated carbocycles. The minimum atomic E-state index is 0.300. The highest BCUT2D eigenvalue weighted by atomic mass is 16.5. The maximum absolute atomic E-state index is 11.7. The van der Waals surface area contributed by atoms with Gasteiger partial charge in [0.05, 0.1) is 7.11 Å². The van der Waals surface area contributed by atoms with E-state index in [2.05, 4.69) is 0 Å². The Labute approximate surface area is 95.9 Å². The summed E-state index contributed by atoms with van der Waals surface area (Å²) in [7, 11) is 1.65. The van der Waals surface area contributed by atoms with Gasteiger partial charge in [0.25, 0.3) is 0 Å². The van der Waals surface area contributed by atoms with Gasteiger partial charge >= 0.3 is 0 Å². The molecule has 1 aliphatic rings. The fraction of sp³-hybridized carbons (Fsp3) is 0.357. The molecule has 2 heteroatoms. The molecule has 0 heterocycles. The predicted molar refractivity (Wildman–Crippen MR) is 64.4 cm³/mol. The summed E-state index contributed by atoms with van der Waals surface area (Å²) in [5.41, 5.74) is 2.00. The summed E-state index contributed by atoms with van der Waals surface area (Å²) in [5.74, 6) is 1.13. The molecule has 1 aromatic carbocycles. The van der Waals surface area contributed by atoms with Crippen LogP contribution in [0.2, 0.25) is 0 Å². The second-order valence-corrected chi connectivity index (χ2v) is 4.08. The van der Waals surface area contributed by atoms with Crippen LogP contribution in [-0.2, 0) is 4.79 Å². The van der Waals surface area contributed by atoms with Crippen LogP contribution in [0.5, 0.6) is 5.75 Å². The van der Waals surface area contributed by atoms with Crippen molar-refractivity contribution in [2.75, 3.05) is 7.11 Å². The molecule has 0 aliphatic heterocycles. The van der Waals surface area contributed by atoms with Crippen molar-refractivity contribution >= 4 is 11.9 Å². The van der Waals surface area contributed by atoms with Crippen LogP contribution >= 0.6 is 0 Å². The van der Waals surface area contributed by atoms with Crippen molar-refractivity contribution in [3.8, 4) is 5.75 Å². The second-order valence-electron chi connectivity index (χ2n) is 4.08. The molecule has 1 aromatic rings. The van der Waals surface area contributed by atoms with E-state index in [0.29, 0.717) is 12.2 Å². The summed E-state index contributed by atoms with van der Waals surface area (Å²) >= 11 is 0. The molecule has 84 valence electrons. The fourth-order valence-electron chi connectivity index (χ4n) is 1.99. The summed E-state index contributed by atoms with van der Waals surface area (Å²) in [6, 6.07) is 7.80. The molecule has 0 amide bonds. The number of rotatable bonds is 2. The van der Waals surface area contributed by atoms with E-state index in [1.54, 1.807) is 7.11 Å². The summed E-state index contributed by atoms with van der Waals surface area (Å²) < 4.78 is 5.16. The third-order valence-corrected chi connectivity index (χ3v) is 2.89. The first-order valence-corrected chi connectivity index (χ1v) is 5.67. The number of methoxy groups -OCH3 is 1. The predicted octanol–water partition coefficient (Wildman–Crippen LogP) is 3.22. The Morgan fingerprint density at radius 2 is 2.06 bits per heavy atom. The van der Waals surface area contributed by atoms with Gasteiger partial charge in [-0.3, -0.25) is 4.79 Å². The van der Waals surface area contributed by atoms with Crippen molar-refractivity contribution in [3.05, 3.63) is 35.4 Å². The maximum atomic E-state index is 11.7. The molecule has 0 N–H and O–H groups in total. The van der Waals surface area contributed by atoms with Crippen molar-refractivity contribution in [2.24, 2.45) is 0 Å². The van der Waals surface area contributed by atoms with Gasteiger partial charge in [0.1, 0.15) is 5.75 Å². The number of allylic oxidation sites excluding steroid dienone is 1. The quantitative estimate of drug-likeness (QED) is 0.709. The van der Waals surface area contributed by atoms with E-state index >= 15 is 0 Å². The van der Waals surface area contributed by atoms with Crippen LogP contribution in [0, 0.1) is 0 Å². The van der Waals surface area contributed by atoms with E-state index < -0.39 is 0 Å². The molecule has 0 radical (unpaired) electrons. The minimum Gasteiger partial charge on any atom is -0.497 e. The zero-order chi connectivity index (χ0) is 11.4. The second kappa shape index (κ2) is 4.97. The Morgan fingerprint density at radius 1 is 1.25 bits per heavy atom. The van der Waals surface area contributed by atoms with E-state index in [-0.39, 0.29) is 0 Å². The van der Waals surface area contributed by atoms with Crippen LogP contribution in [0.1, 0.15) is 31.2 Å². The fourth-order valence-corrected chi connectivity index (χ4v) is 1.99. The van der Waals surface area contributed by atoms with Gasteiger partial charge in [0.15, 0.2) is 5.78 Å². The molecular formula is C14H16O2. The number of hydrogen-bond acceptors (Lipinski definition) is 2. The maximum Gasteiger partial charge on any atom is 0.158 e. The Morgan fingerprint density at radius 3 is 2.81 bits per heavy atom. The third-order valence-electron chi connectivity index (χ3n) is 2.89. The van der Waals surface area contributed by atoms with Crippen LogP contribution in [0.3, 0.4) is 0 Å². The number of ketones is 1. The lowest BCUT2D eigenvalue weighted by Gasteiger charge is -2.12. The van der Waals surface area contributed by atoms with Gasteiger partial charge in [-0.15, -0.1) is 0 Å². The summed E-state index contributed by atoms with van der Waals surface area (Å²) in [6.45, 7) is 0. The van der Waals surface area contributed by atoms with Crippen LogP contribution in [-0.4, -0.2) is 12.9 Å². The van der Waals surface area contributed by atoms with E-state index in [0.717, 1.165) is 36.1 Å².